The van der Waals surface area contributed by atoms with E-state index in [1.807, 2.05) is 0 Å². The maximum absolute atomic E-state index is 12.9. The van der Waals surface area contributed by atoms with E-state index in [4.69, 9.17) is 0 Å². The Balaban J connectivity index is 1.82. The predicted octanol–water partition coefficient (Wildman–Crippen LogP) is 1.61. The number of hydrogen-bond acceptors (Lipinski definition) is 6. The molecule has 0 bridgehead atoms. The zero-order valence-electron chi connectivity index (χ0n) is 14.8. The van der Waals surface area contributed by atoms with Crippen LogP contribution >= 0.6 is 11.3 Å². The molecule has 1 N–H and O–H groups in total. The van der Waals surface area contributed by atoms with Crippen molar-refractivity contribution < 1.29 is 22.7 Å². The van der Waals surface area contributed by atoms with Crippen molar-refractivity contribution in [1.29, 1.82) is 0 Å². The molecule has 1 aliphatic carbocycles. The number of thiophene rings is 1. The molecule has 1 aromatic rings. The molecule has 2 fully saturated rings. The number of carbonyl (C=O) groups is 2. The number of sulfonamides is 1. The molecular formula is C17H24N2O5S2. The minimum Gasteiger partial charge on any atom is -0.468 e. The molecule has 26 heavy (non-hydrogen) atoms. The first-order chi connectivity index (χ1) is 12.4. The standard InChI is InChI=1S/C17H24N2O5S2/c1-24-14(20)10-18-16(21)13-11-19(12-17(13)7-3-2-4-8-17)26(22,23)15-6-5-9-25-15/h5-6,9,13H,2-4,7-8,10-12H2,1H3,(H,18,21). The van der Waals surface area contributed by atoms with Crippen LogP contribution in [0.5, 0.6) is 0 Å². The molecule has 9 heteroatoms. The van der Waals surface area contributed by atoms with Gasteiger partial charge in [-0.3, -0.25) is 9.59 Å². The number of ether oxygens (including phenoxy) is 1. The number of nitrogens with one attached hydrogen (secondary N) is 1. The van der Waals surface area contributed by atoms with Crippen molar-refractivity contribution >= 4 is 33.2 Å². The summed E-state index contributed by atoms with van der Waals surface area (Å²) in [7, 11) is -2.33. The Kier molecular flexibility index (Phi) is 5.69. The number of esters is 1. The molecule has 0 radical (unpaired) electrons. The summed E-state index contributed by atoms with van der Waals surface area (Å²) in [5.74, 6) is -1.22. The van der Waals surface area contributed by atoms with Crippen LogP contribution in [-0.2, 0) is 24.3 Å². The summed E-state index contributed by atoms with van der Waals surface area (Å²) in [5, 5.41) is 4.36. The van der Waals surface area contributed by atoms with E-state index in [9.17, 15) is 18.0 Å². The van der Waals surface area contributed by atoms with Gasteiger partial charge >= 0.3 is 5.97 Å². The summed E-state index contributed by atoms with van der Waals surface area (Å²) in [5.41, 5.74) is -0.344. The summed E-state index contributed by atoms with van der Waals surface area (Å²) in [6, 6.07) is 3.31. The second kappa shape index (κ2) is 7.66. The average Bonchev–Trinajstić information content (AvgIpc) is 3.29. The van der Waals surface area contributed by atoms with Crippen molar-refractivity contribution in [3.8, 4) is 0 Å². The largest absolute Gasteiger partial charge is 0.468 e. The zero-order valence-corrected chi connectivity index (χ0v) is 16.4. The highest BCUT2D eigenvalue weighted by molar-refractivity contribution is 7.91. The van der Waals surface area contributed by atoms with E-state index in [-0.39, 0.29) is 24.4 Å². The lowest BCUT2D eigenvalue weighted by molar-refractivity contribution is -0.142. The van der Waals surface area contributed by atoms with Crippen LogP contribution in [0.3, 0.4) is 0 Å². The molecule has 1 aliphatic heterocycles. The van der Waals surface area contributed by atoms with Crippen LogP contribution in [0.2, 0.25) is 0 Å². The van der Waals surface area contributed by atoms with Crippen LogP contribution in [0.1, 0.15) is 32.1 Å². The zero-order chi connectivity index (χ0) is 18.8. The molecule has 2 heterocycles. The van der Waals surface area contributed by atoms with Gasteiger partial charge in [0.05, 0.1) is 13.0 Å². The van der Waals surface area contributed by atoms with Gasteiger partial charge in [0.1, 0.15) is 10.8 Å². The van der Waals surface area contributed by atoms with Gasteiger partial charge in [0.25, 0.3) is 10.0 Å². The third-order valence-corrected chi connectivity index (χ3v) is 8.69. The van der Waals surface area contributed by atoms with Crippen molar-refractivity contribution in [2.75, 3.05) is 26.7 Å². The fourth-order valence-electron chi connectivity index (χ4n) is 4.12. The van der Waals surface area contributed by atoms with Crippen LogP contribution in [0, 0.1) is 11.3 Å². The fourth-order valence-corrected chi connectivity index (χ4v) is 6.82. The van der Waals surface area contributed by atoms with Crippen molar-refractivity contribution in [3.63, 3.8) is 0 Å². The third kappa shape index (κ3) is 3.65. The first-order valence-electron chi connectivity index (χ1n) is 8.77. The van der Waals surface area contributed by atoms with Crippen molar-refractivity contribution in [3.05, 3.63) is 17.5 Å². The Bertz CT molecular complexity index is 754. The molecule has 1 atom stereocenters. The van der Waals surface area contributed by atoms with Gasteiger partial charge in [-0.25, -0.2) is 8.42 Å². The highest BCUT2D eigenvalue weighted by atomic mass is 32.2. The van der Waals surface area contributed by atoms with Crippen LogP contribution in [-0.4, -0.2) is 51.3 Å². The predicted molar refractivity (Wildman–Crippen MR) is 97.1 cm³/mol. The van der Waals surface area contributed by atoms with Gasteiger partial charge in [-0.05, 0) is 29.7 Å². The smallest absolute Gasteiger partial charge is 0.325 e. The highest BCUT2D eigenvalue weighted by Crippen LogP contribution is 2.49. The first-order valence-corrected chi connectivity index (χ1v) is 11.1. The summed E-state index contributed by atoms with van der Waals surface area (Å²) >= 11 is 1.19. The number of nitrogens with zero attached hydrogens (tertiary/aromatic N) is 1. The van der Waals surface area contributed by atoms with Crippen LogP contribution in [0.15, 0.2) is 21.7 Å². The minimum atomic E-state index is -3.59. The third-order valence-electron chi connectivity index (χ3n) is 5.51. The quantitative estimate of drug-likeness (QED) is 0.758. The Labute approximate surface area is 157 Å². The van der Waals surface area contributed by atoms with Crippen LogP contribution in [0.4, 0.5) is 0 Å². The lowest BCUT2D eigenvalue weighted by atomic mass is 9.67. The maximum Gasteiger partial charge on any atom is 0.325 e. The second-order valence-corrected chi connectivity index (χ2v) is 10.1. The average molecular weight is 401 g/mol. The monoisotopic (exact) mass is 400 g/mol. The number of carbonyl (C=O) groups excluding carboxylic acids is 2. The normalized spacial score (nSPS) is 23.0. The topological polar surface area (TPSA) is 92.8 Å². The summed E-state index contributed by atoms with van der Waals surface area (Å²) in [6.45, 7) is 0.330. The van der Waals surface area contributed by atoms with E-state index in [0.29, 0.717) is 10.8 Å². The molecule has 1 spiro atoms. The lowest BCUT2D eigenvalue weighted by Gasteiger charge is -2.37. The van der Waals surface area contributed by atoms with Gasteiger partial charge in [-0.15, -0.1) is 11.3 Å². The van der Waals surface area contributed by atoms with E-state index < -0.39 is 21.9 Å². The van der Waals surface area contributed by atoms with E-state index in [1.165, 1.54) is 22.8 Å². The molecule has 2 aliphatic rings. The number of rotatable bonds is 5. The van der Waals surface area contributed by atoms with Crippen molar-refractivity contribution in [2.45, 2.75) is 36.3 Å². The maximum atomic E-state index is 12.9. The lowest BCUT2D eigenvalue weighted by Crippen LogP contribution is -2.44. The van der Waals surface area contributed by atoms with Gasteiger partial charge in [0.2, 0.25) is 5.91 Å². The van der Waals surface area contributed by atoms with E-state index in [1.54, 1.807) is 17.5 Å². The fraction of sp³-hybridized carbons (Fsp3) is 0.647. The molecular weight excluding hydrogens is 376 g/mol. The molecule has 144 valence electrons. The SMILES string of the molecule is COC(=O)CNC(=O)C1CN(S(=O)(=O)c2cccs2)CC12CCCCC2. The summed E-state index contributed by atoms with van der Waals surface area (Å²) in [6.07, 6.45) is 4.76. The number of methoxy groups -OCH3 is 1. The molecule has 3 rings (SSSR count). The number of amides is 1. The molecule has 1 saturated carbocycles. The Morgan fingerprint density at radius 2 is 2.08 bits per heavy atom. The van der Waals surface area contributed by atoms with E-state index >= 15 is 0 Å². The van der Waals surface area contributed by atoms with Gasteiger partial charge in [0, 0.05) is 13.1 Å². The molecule has 1 unspecified atom stereocenters. The van der Waals surface area contributed by atoms with E-state index in [2.05, 4.69) is 10.1 Å². The van der Waals surface area contributed by atoms with Gasteiger partial charge in [-0.2, -0.15) is 4.31 Å². The Morgan fingerprint density at radius 3 is 2.69 bits per heavy atom. The molecule has 1 amide bonds. The minimum absolute atomic E-state index is 0.160. The Hall–Kier alpha value is -1.45. The molecule has 1 saturated heterocycles. The van der Waals surface area contributed by atoms with Crippen LogP contribution < -0.4 is 5.32 Å². The molecule has 0 aromatic carbocycles. The molecule has 7 nitrogen and oxygen atoms in total. The Morgan fingerprint density at radius 1 is 1.35 bits per heavy atom. The second-order valence-electron chi connectivity index (χ2n) is 7.00. The summed E-state index contributed by atoms with van der Waals surface area (Å²) in [4.78, 5) is 24.1. The van der Waals surface area contributed by atoms with E-state index in [0.717, 1.165) is 32.1 Å². The van der Waals surface area contributed by atoms with Crippen LogP contribution in [0.25, 0.3) is 0 Å². The molecule has 1 aromatic heterocycles. The summed E-state index contributed by atoms with van der Waals surface area (Å²) < 4.78 is 32.2. The van der Waals surface area contributed by atoms with Gasteiger partial charge in [0.15, 0.2) is 0 Å². The van der Waals surface area contributed by atoms with Crippen molar-refractivity contribution in [2.24, 2.45) is 11.3 Å². The first kappa shape index (κ1) is 19.3. The number of hydrogen-bond donors (Lipinski definition) is 1. The highest BCUT2D eigenvalue weighted by Gasteiger charge is 2.53. The van der Waals surface area contributed by atoms with Gasteiger partial charge < -0.3 is 10.1 Å². The van der Waals surface area contributed by atoms with Gasteiger partial charge in [-0.1, -0.05) is 25.3 Å². The van der Waals surface area contributed by atoms with Crippen molar-refractivity contribution in [1.82, 2.24) is 9.62 Å².